The van der Waals surface area contributed by atoms with Gasteiger partial charge in [-0.2, -0.15) is 0 Å². The van der Waals surface area contributed by atoms with Crippen molar-refractivity contribution in [3.05, 3.63) is 22.4 Å². The Balaban J connectivity index is 1.54. The number of hydrogen-bond donors (Lipinski definition) is 2. The smallest absolute Gasteiger partial charge is 0.223 e. The van der Waals surface area contributed by atoms with Gasteiger partial charge in [-0.15, -0.1) is 11.3 Å². The van der Waals surface area contributed by atoms with Crippen LogP contribution in [0, 0.1) is 11.8 Å². The Morgan fingerprint density at radius 2 is 2.00 bits per heavy atom. The Labute approximate surface area is 143 Å². The lowest BCUT2D eigenvalue weighted by atomic mass is 9.81. The number of nitrogens with one attached hydrogen (secondary N) is 2. The van der Waals surface area contributed by atoms with E-state index in [1.165, 1.54) is 30.6 Å². The van der Waals surface area contributed by atoms with Crippen molar-refractivity contribution in [2.75, 3.05) is 13.1 Å². The molecule has 0 bridgehead atoms. The van der Waals surface area contributed by atoms with E-state index >= 15 is 0 Å². The second-order valence-corrected chi connectivity index (χ2v) is 8.21. The standard InChI is InChI=1S/C18H29N3OS/c1-14-4-6-15(7-5-14)8-9-18(22)21(16-11-19-20-12-16)13-17-3-2-10-23-17/h2-3,10,14-16,19-20H,4-9,11-13H2,1H3. The monoisotopic (exact) mass is 335 g/mol. The van der Waals surface area contributed by atoms with Gasteiger partial charge in [0.1, 0.15) is 0 Å². The van der Waals surface area contributed by atoms with Crippen molar-refractivity contribution >= 4 is 17.2 Å². The first-order valence-electron chi connectivity index (χ1n) is 9.00. The van der Waals surface area contributed by atoms with Crippen molar-refractivity contribution in [2.45, 2.75) is 58.0 Å². The van der Waals surface area contributed by atoms with Gasteiger partial charge in [-0.1, -0.05) is 38.7 Å². The lowest BCUT2D eigenvalue weighted by molar-refractivity contribution is -0.134. The molecule has 4 nitrogen and oxygen atoms in total. The van der Waals surface area contributed by atoms with Crippen LogP contribution < -0.4 is 10.9 Å². The van der Waals surface area contributed by atoms with E-state index in [-0.39, 0.29) is 6.04 Å². The Morgan fingerprint density at radius 1 is 1.26 bits per heavy atom. The van der Waals surface area contributed by atoms with E-state index in [1.807, 2.05) is 0 Å². The van der Waals surface area contributed by atoms with Crippen LogP contribution in [0.2, 0.25) is 0 Å². The van der Waals surface area contributed by atoms with Crippen molar-refractivity contribution in [1.82, 2.24) is 15.8 Å². The molecule has 0 spiro atoms. The van der Waals surface area contributed by atoms with Crippen LogP contribution in [0.25, 0.3) is 0 Å². The number of amides is 1. The van der Waals surface area contributed by atoms with Crippen LogP contribution in [0.15, 0.2) is 17.5 Å². The number of carbonyl (C=O) groups excluding carboxylic acids is 1. The van der Waals surface area contributed by atoms with Crippen LogP contribution in [-0.4, -0.2) is 29.9 Å². The number of thiophene rings is 1. The molecule has 1 amide bonds. The highest BCUT2D eigenvalue weighted by Gasteiger charge is 2.27. The number of hydrazine groups is 1. The molecule has 0 atom stereocenters. The average molecular weight is 336 g/mol. The third-order valence-corrected chi connectivity index (χ3v) is 6.23. The Bertz CT molecular complexity index is 476. The molecule has 1 aromatic rings. The van der Waals surface area contributed by atoms with Crippen LogP contribution >= 0.6 is 11.3 Å². The lowest BCUT2D eigenvalue weighted by Gasteiger charge is -2.30. The molecule has 128 valence electrons. The molecule has 2 fully saturated rings. The zero-order valence-corrected chi connectivity index (χ0v) is 14.9. The van der Waals surface area contributed by atoms with Crippen LogP contribution in [0.5, 0.6) is 0 Å². The summed E-state index contributed by atoms with van der Waals surface area (Å²) in [7, 11) is 0. The van der Waals surface area contributed by atoms with E-state index in [1.54, 1.807) is 11.3 Å². The number of hydrogen-bond acceptors (Lipinski definition) is 4. The molecular weight excluding hydrogens is 306 g/mol. The first-order chi connectivity index (χ1) is 11.2. The normalized spacial score (nSPS) is 25.6. The highest BCUT2D eigenvalue weighted by molar-refractivity contribution is 7.09. The van der Waals surface area contributed by atoms with Gasteiger partial charge in [0, 0.05) is 24.4 Å². The molecule has 5 heteroatoms. The second kappa shape index (κ2) is 8.27. The molecule has 1 saturated carbocycles. The van der Waals surface area contributed by atoms with Crippen molar-refractivity contribution in [3.8, 4) is 0 Å². The van der Waals surface area contributed by atoms with Crippen molar-refractivity contribution in [1.29, 1.82) is 0 Å². The number of carbonyl (C=O) groups is 1. The molecule has 2 aliphatic rings. The highest BCUT2D eigenvalue weighted by atomic mass is 32.1. The molecule has 2 N–H and O–H groups in total. The molecule has 23 heavy (non-hydrogen) atoms. The maximum absolute atomic E-state index is 12.8. The summed E-state index contributed by atoms with van der Waals surface area (Å²) in [5, 5.41) is 2.09. The van der Waals surface area contributed by atoms with Gasteiger partial charge in [-0.3, -0.25) is 15.6 Å². The van der Waals surface area contributed by atoms with Crippen molar-refractivity contribution < 1.29 is 4.79 Å². The van der Waals surface area contributed by atoms with Crippen LogP contribution in [0.3, 0.4) is 0 Å². The maximum Gasteiger partial charge on any atom is 0.223 e. The van der Waals surface area contributed by atoms with E-state index in [0.29, 0.717) is 12.3 Å². The molecular formula is C18H29N3OS. The fourth-order valence-corrected chi connectivity index (χ4v) is 4.46. The Morgan fingerprint density at radius 3 is 2.65 bits per heavy atom. The number of nitrogens with zero attached hydrogens (tertiary/aromatic N) is 1. The number of rotatable bonds is 6. The van der Waals surface area contributed by atoms with E-state index in [4.69, 9.17) is 0 Å². The van der Waals surface area contributed by atoms with Gasteiger partial charge in [-0.25, -0.2) is 0 Å². The largest absolute Gasteiger partial charge is 0.332 e. The van der Waals surface area contributed by atoms with E-state index in [0.717, 1.165) is 37.9 Å². The minimum absolute atomic E-state index is 0.274. The topological polar surface area (TPSA) is 44.4 Å². The van der Waals surface area contributed by atoms with Gasteiger partial charge < -0.3 is 4.90 Å². The summed E-state index contributed by atoms with van der Waals surface area (Å²) in [5.41, 5.74) is 6.31. The summed E-state index contributed by atoms with van der Waals surface area (Å²) in [6.45, 7) is 4.80. The van der Waals surface area contributed by atoms with Gasteiger partial charge in [0.05, 0.1) is 12.6 Å². The van der Waals surface area contributed by atoms with Crippen molar-refractivity contribution in [3.63, 3.8) is 0 Å². The van der Waals surface area contributed by atoms with E-state index < -0.39 is 0 Å². The highest BCUT2D eigenvalue weighted by Crippen LogP contribution is 2.31. The first-order valence-corrected chi connectivity index (χ1v) is 9.88. The summed E-state index contributed by atoms with van der Waals surface area (Å²) in [5.74, 6) is 1.97. The zero-order chi connectivity index (χ0) is 16.1. The van der Waals surface area contributed by atoms with Crippen LogP contribution in [0.4, 0.5) is 0 Å². The maximum atomic E-state index is 12.8. The summed E-state index contributed by atoms with van der Waals surface area (Å²) in [6, 6.07) is 4.47. The summed E-state index contributed by atoms with van der Waals surface area (Å²) >= 11 is 1.74. The predicted octanol–water partition coefficient (Wildman–Crippen LogP) is 3.16. The molecule has 1 aromatic heterocycles. The Hall–Kier alpha value is -0.910. The van der Waals surface area contributed by atoms with Crippen molar-refractivity contribution in [2.24, 2.45) is 11.8 Å². The lowest BCUT2D eigenvalue weighted by Crippen LogP contribution is -2.42. The Kier molecular flexibility index (Phi) is 6.08. The van der Waals surface area contributed by atoms with Crippen LogP contribution in [-0.2, 0) is 11.3 Å². The quantitative estimate of drug-likeness (QED) is 0.839. The van der Waals surface area contributed by atoms with E-state index in [2.05, 4.69) is 40.2 Å². The SMILES string of the molecule is CC1CCC(CCC(=O)N(Cc2cccs2)C2CNNC2)CC1. The first kappa shape index (κ1) is 16.9. The van der Waals surface area contributed by atoms with Gasteiger partial charge in [0.2, 0.25) is 5.91 Å². The molecule has 2 heterocycles. The second-order valence-electron chi connectivity index (χ2n) is 7.18. The van der Waals surface area contributed by atoms with Gasteiger partial charge in [0.25, 0.3) is 0 Å². The fraction of sp³-hybridized carbons (Fsp3) is 0.722. The van der Waals surface area contributed by atoms with Gasteiger partial charge >= 0.3 is 0 Å². The van der Waals surface area contributed by atoms with Gasteiger partial charge in [0.15, 0.2) is 0 Å². The third-order valence-electron chi connectivity index (χ3n) is 5.37. The van der Waals surface area contributed by atoms with E-state index in [9.17, 15) is 4.79 Å². The predicted molar refractivity (Wildman–Crippen MR) is 95.0 cm³/mol. The zero-order valence-electron chi connectivity index (χ0n) is 14.1. The minimum atomic E-state index is 0.274. The molecule has 0 radical (unpaired) electrons. The fourth-order valence-electron chi connectivity index (χ4n) is 3.75. The molecule has 0 unspecified atom stereocenters. The molecule has 1 saturated heterocycles. The summed E-state index contributed by atoms with van der Waals surface area (Å²) in [6.07, 6.45) is 7.08. The molecule has 3 rings (SSSR count). The third kappa shape index (κ3) is 4.78. The molecule has 1 aliphatic carbocycles. The average Bonchev–Trinajstić information content (AvgIpc) is 3.25. The van der Waals surface area contributed by atoms with Gasteiger partial charge in [-0.05, 0) is 29.7 Å². The summed E-state index contributed by atoms with van der Waals surface area (Å²) < 4.78 is 0. The van der Waals surface area contributed by atoms with Crippen LogP contribution in [0.1, 0.15) is 50.3 Å². The summed E-state index contributed by atoms with van der Waals surface area (Å²) in [4.78, 5) is 16.2. The molecule has 0 aromatic carbocycles. The minimum Gasteiger partial charge on any atom is -0.332 e. The molecule has 1 aliphatic heterocycles.